The molecule has 0 radical (unpaired) electrons. The maximum atomic E-state index is 13.5. The molecule has 162 valence electrons. The van der Waals surface area contributed by atoms with Crippen LogP contribution in [0.1, 0.15) is 32.8 Å². The number of pyridine rings is 1. The van der Waals surface area contributed by atoms with Crippen molar-refractivity contribution in [1.82, 2.24) is 14.2 Å². The standard InChI is InChI=1S/C21H27N3O5S/c1-13-10-22-19(25)15-6-5-7-17(18(13)15)30(27,28)23-11-14-8-9-24(16(14)12-23)20(26)29-21(2,3)4/h5-7,10,14,16H,8-9,11-12H2,1-4H3,(H,22,25)/t14-,16+/m0/s1. The number of carbonyl (C=O) groups excluding carboxylic acids is 1. The molecule has 2 fully saturated rings. The third-order valence-electron chi connectivity index (χ3n) is 5.80. The second kappa shape index (κ2) is 7.09. The summed E-state index contributed by atoms with van der Waals surface area (Å²) in [4.78, 5) is 18.3. The SMILES string of the molecule is Cc1cnc(O)c2cccc(S(=O)(=O)N3C[C@@H]4CCN(C(=O)OC(C)(C)C)[C@@H]4C3)c12. The minimum Gasteiger partial charge on any atom is -0.493 e. The van der Waals surface area contributed by atoms with E-state index in [1.165, 1.54) is 10.5 Å². The molecule has 2 atom stereocenters. The van der Waals surface area contributed by atoms with Crippen molar-refractivity contribution in [3.63, 3.8) is 0 Å². The number of ether oxygens (including phenoxy) is 1. The zero-order valence-electron chi connectivity index (χ0n) is 17.6. The predicted octanol–water partition coefficient (Wildman–Crippen LogP) is 2.88. The van der Waals surface area contributed by atoms with E-state index in [1.54, 1.807) is 30.0 Å². The van der Waals surface area contributed by atoms with Gasteiger partial charge in [-0.1, -0.05) is 6.07 Å². The Hall–Kier alpha value is -2.39. The van der Waals surface area contributed by atoms with E-state index in [1.807, 2.05) is 20.8 Å². The third-order valence-corrected chi connectivity index (χ3v) is 7.68. The van der Waals surface area contributed by atoms with Gasteiger partial charge in [-0.25, -0.2) is 18.2 Å². The number of aromatic hydroxyl groups is 1. The molecule has 2 aliphatic heterocycles. The van der Waals surface area contributed by atoms with Gasteiger partial charge < -0.3 is 14.7 Å². The molecular formula is C21H27N3O5S. The van der Waals surface area contributed by atoms with Crippen LogP contribution in [-0.4, -0.2) is 65.1 Å². The van der Waals surface area contributed by atoms with Gasteiger partial charge in [0.25, 0.3) is 0 Å². The Labute approximate surface area is 176 Å². The monoisotopic (exact) mass is 433 g/mol. The van der Waals surface area contributed by atoms with Crippen LogP contribution in [-0.2, 0) is 14.8 Å². The smallest absolute Gasteiger partial charge is 0.410 e. The lowest BCUT2D eigenvalue weighted by molar-refractivity contribution is 0.0223. The van der Waals surface area contributed by atoms with Crippen LogP contribution in [0.3, 0.4) is 0 Å². The summed E-state index contributed by atoms with van der Waals surface area (Å²) in [5.74, 6) is -0.111. The maximum absolute atomic E-state index is 13.5. The molecule has 30 heavy (non-hydrogen) atoms. The highest BCUT2D eigenvalue weighted by molar-refractivity contribution is 7.89. The predicted molar refractivity (Wildman–Crippen MR) is 112 cm³/mol. The van der Waals surface area contributed by atoms with Crippen molar-refractivity contribution in [3.8, 4) is 5.88 Å². The van der Waals surface area contributed by atoms with E-state index in [-0.39, 0.29) is 29.3 Å². The average Bonchev–Trinajstić information content (AvgIpc) is 3.24. The van der Waals surface area contributed by atoms with Crippen LogP contribution in [0.5, 0.6) is 5.88 Å². The molecule has 9 heteroatoms. The number of rotatable bonds is 2. The van der Waals surface area contributed by atoms with Gasteiger partial charge in [-0.3, -0.25) is 0 Å². The van der Waals surface area contributed by atoms with Crippen molar-refractivity contribution < 1.29 is 23.1 Å². The zero-order valence-corrected chi connectivity index (χ0v) is 18.4. The highest BCUT2D eigenvalue weighted by Crippen LogP contribution is 2.38. The van der Waals surface area contributed by atoms with E-state index in [0.717, 1.165) is 6.42 Å². The van der Waals surface area contributed by atoms with Gasteiger partial charge in [0.1, 0.15) is 5.60 Å². The summed E-state index contributed by atoms with van der Waals surface area (Å²) in [5, 5.41) is 11.0. The fourth-order valence-electron chi connectivity index (χ4n) is 4.44. The molecule has 2 saturated heterocycles. The number of aromatic nitrogens is 1. The van der Waals surface area contributed by atoms with E-state index in [4.69, 9.17) is 4.74 Å². The van der Waals surface area contributed by atoms with Gasteiger partial charge >= 0.3 is 6.09 Å². The van der Waals surface area contributed by atoms with Crippen LogP contribution in [0, 0.1) is 12.8 Å². The van der Waals surface area contributed by atoms with Gasteiger partial charge in [0.2, 0.25) is 15.9 Å². The first-order chi connectivity index (χ1) is 14.0. The molecule has 0 bridgehead atoms. The molecule has 1 aromatic heterocycles. The van der Waals surface area contributed by atoms with Crippen LogP contribution < -0.4 is 0 Å². The van der Waals surface area contributed by atoms with Crippen molar-refractivity contribution >= 4 is 26.9 Å². The lowest BCUT2D eigenvalue weighted by atomic mass is 10.1. The van der Waals surface area contributed by atoms with E-state index >= 15 is 0 Å². The number of benzene rings is 1. The molecule has 2 aromatic rings. The fraction of sp³-hybridized carbons (Fsp3) is 0.524. The van der Waals surface area contributed by atoms with E-state index in [0.29, 0.717) is 29.4 Å². The van der Waals surface area contributed by atoms with Crippen LogP contribution in [0.15, 0.2) is 29.3 Å². The van der Waals surface area contributed by atoms with Gasteiger partial charge in [0.15, 0.2) is 0 Å². The number of aryl methyl sites for hydroxylation is 1. The summed E-state index contributed by atoms with van der Waals surface area (Å²) in [6.45, 7) is 8.39. The van der Waals surface area contributed by atoms with Gasteiger partial charge in [0, 0.05) is 36.6 Å². The zero-order chi connectivity index (χ0) is 21.8. The largest absolute Gasteiger partial charge is 0.493 e. The second-order valence-corrected chi connectivity index (χ2v) is 11.0. The number of amides is 1. The lowest BCUT2D eigenvalue weighted by Crippen LogP contribution is -2.43. The molecule has 0 saturated carbocycles. The highest BCUT2D eigenvalue weighted by Gasteiger charge is 2.48. The van der Waals surface area contributed by atoms with Crippen molar-refractivity contribution in [2.24, 2.45) is 5.92 Å². The lowest BCUT2D eigenvalue weighted by Gasteiger charge is -2.28. The minimum atomic E-state index is -3.82. The normalized spacial score (nSPS) is 22.5. The third kappa shape index (κ3) is 3.50. The number of carbonyl (C=O) groups is 1. The van der Waals surface area contributed by atoms with Crippen molar-refractivity contribution in [3.05, 3.63) is 30.0 Å². The Kier molecular flexibility index (Phi) is 4.93. The van der Waals surface area contributed by atoms with Gasteiger partial charge in [0.05, 0.1) is 10.9 Å². The van der Waals surface area contributed by atoms with Crippen molar-refractivity contribution in [2.45, 2.75) is 50.7 Å². The second-order valence-electron chi connectivity index (χ2n) is 9.06. The number of likely N-dealkylation sites (tertiary alicyclic amines) is 1. The van der Waals surface area contributed by atoms with Crippen molar-refractivity contribution in [2.75, 3.05) is 19.6 Å². The Morgan fingerprint density at radius 2 is 2.00 bits per heavy atom. The first kappa shape index (κ1) is 20.9. The topological polar surface area (TPSA) is 100 Å². The molecule has 1 aromatic carbocycles. The molecule has 0 unspecified atom stereocenters. The molecule has 1 amide bonds. The molecule has 3 heterocycles. The number of nitrogens with zero attached hydrogens (tertiary/aromatic N) is 3. The first-order valence-corrected chi connectivity index (χ1v) is 11.5. The number of fused-ring (bicyclic) bond motifs is 2. The average molecular weight is 434 g/mol. The molecule has 4 rings (SSSR count). The molecular weight excluding hydrogens is 406 g/mol. The van der Waals surface area contributed by atoms with Gasteiger partial charge in [-0.05, 0) is 57.7 Å². The van der Waals surface area contributed by atoms with E-state index < -0.39 is 21.7 Å². The summed E-state index contributed by atoms with van der Waals surface area (Å²) in [6, 6.07) is 4.64. The summed E-state index contributed by atoms with van der Waals surface area (Å²) in [6.07, 6.45) is 1.82. The summed E-state index contributed by atoms with van der Waals surface area (Å²) in [7, 11) is -3.82. The fourth-order valence-corrected chi connectivity index (χ4v) is 6.23. The summed E-state index contributed by atoms with van der Waals surface area (Å²) < 4.78 is 34.0. The highest BCUT2D eigenvalue weighted by atomic mass is 32.2. The molecule has 1 N–H and O–H groups in total. The Morgan fingerprint density at radius 1 is 1.27 bits per heavy atom. The van der Waals surface area contributed by atoms with E-state index in [2.05, 4.69) is 4.98 Å². The molecule has 8 nitrogen and oxygen atoms in total. The van der Waals surface area contributed by atoms with Crippen LogP contribution in [0.2, 0.25) is 0 Å². The summed E-state index contributed by atoms with van der Waals surface area (Å²) in [5.41, 5.74) is 0.0764. The number of sulfonamides is 1. The molecule has 0 aliphatic carbocycles. The first-order valence-electron chi connectivity index (χ1n) is 10.1. The number of hydrogen-bond donors (Lipinski definition) is 1. The van der Waals surface area contributed by atoms with Crippen molar-refractivity contribution in [1.29, 1.82) is 0 Å². The Bertz CT molecular complexity index is 1110. The Morgan fingerprint density at radius 3 is 2.70 bits per heavy atom. The van der Waals surface area contributed by atoms with Crippen LogP contribution in [0.25, 0.3) is 10.8 Å². The van der Waals surface area contributed by atoms with Gasteiger partial charge in [-0.2, -0.15) is 4.31 Å². The summed E-state index contributed by atoms with van der Waals surface area (Å²) >= 11 is 0. The van der Waals surface area contributed by atoms with Gasteiger partial charge in [-0.15, -0.1) is 0 Å². The molecule has 2 aliphatic rings. The molecule has 0 spiro atoms. The maximum Gasteiger partial charge on any atom is 0.410 e. The number of hydrogen-bond acceptors (Lipinski definition) is 6. The van der Waals surface area contributed by atoms with Crippen LogP contribution >= 0.6 is 0 Å². The van der Waals surface area contributed by atoms with E-state index in [9.17, 15) is 18.3 Å². The Balaban J connectivity index is 1.65. The quantitative estimate of drug-likeness (QED) is 0.782. The van der Waals surface area contributed by atoms with Crippen LogP contribution in [0.4, 0.5) is 4.79 Å². The minimum absolute atomic E-state index is 0.0819.